The van der Waals surface area contributed by atoms with Crippen LogP contribution in [0.25, 0.3) is 0 Å². The first-order chi connectivity index (χ1) is 9.56. The van der Waals surface area contributed by atoms with Gasteiger partial charge >= 0.3 is 0 Å². The van der Waals surface area contributed by atoms with Gasteiger partial charge in [0.1, 0.15) is 5.75 Å². The second kappa shape index (κ2) is 5.01. The van der Waals surface area contributed by atoms with Crippen molar-refractivity contribution in [1.82, 2.24) is 10.1 Å². The van der Waals surface area contributed by atoms with Gasteiger partial charge in [-0.2, -0.15) is 4.98 Å². The summed E-state index contributed by atoms with van der Waals surface area (Å²) in [6.07, 6.45) is 2.50. The Morgan fingerprint density at radius 2 is 2.15 bits per heavy atom. The summed E-state index contributed by atoms with van der Waals surface area (Å²) in [7, 11) is -3.33. The molecule has 1 aromatic heterocycles. The molecule has 0 radical (unpaired) electrons. The maximum Gasteiger partial charge on any atom is 0.241 e. The lowest BCUT2D eigenvalue weighted by atomic mass is 9.91. The van der Waals surface area contributed by atoms with Gasteiger partial charge in [0.15, 0.2) is 15.7 Å². The number of rotatable bonds is 3. The van der Waals surface area contributed by atoms with Gasteiger partial charge in [-0.15, -0.1) is 0 Å². The van der Waals surface area contributed by atoms with Gasteiger partial charge in [0.25, 0.3) is 0 Å². The van der Waals surface area contributed by atoms with Crippen molar-refractivity contribution in [2.75, 3.05) is 0 Å². The first-order valence-corrected chi connectivity index (χ1v) is 8.36. The Bertz CT molecular complexity index is 722. The minimum atomic E-state index is -3.33. The van der Waals surface area contributed by atoms with E-state index in [-0.39, 0.29) is 11.6 Å². The summed E-state index contributed by atoms with van der Waals surface area (Å²) in [5.41, 5.74) is 2.06. The molecule has 0 fully saturated rings. The molecule has 1 atom stereocenters. The van der Waals surface area contributed by atoms with Crippen LogP contribution in [-0.2, 0) is 22.0 Å². The summed E-state index contributed by atoms with van der Waals surface area (Å²) in [6.45, 7) is 1.68. The molecule has 0 saturated heterocycles. The summed E-state index contributed by atoms with van der Waals surface area (Å²) in [6, 6.07) is 7.77. The SMILES string of the molecule is Cc1noc(CS(=O)(=O)C2CCCc3ccccc32)n1. The largest absolute Gasteiger partial charge is 0.338 e. The molecule has 1 aromatic carbocycles. The van der Waals surface area contributed by atoms with E-state index in [9.17, 15) is 8.42 Å². The van der Waals surface area contributed by atoms with Gasteiger partial charge in [0.2, 0.25) is 5.89 Å². The predicted octanol–water partition coefficient (Wildman–Crippen LogP) is 2.37. The summed E-state index contributed by atoms with van der Waals surface area (Å²) in [4.78, 5) is 3.99. The molecule has 5 nitrogen and oxygen atoms in total. The van der Waals surface area contributed by atoms with Crippen LogP contribution in [0.15, 0.2) is 28.8 Å². The zero-order chi connectivity index (χ0) is 14.2. The minimum absolute atomic E-state index is 0.172. The van der Waals surface area contributed by atoms with E-state index in [1.165, 1.54) is 0 Å². The van der Waals surface area contributed by atoms with Gasteiger partial charge in [-0.1, -0.05) is 29.4 Å². The van der Waals surface area contributed by atoms with Crippen molar-refractivity contribution in [1.29, 1.82) is 0 Å². The molecule has 6 heteroatoms. The van der Waals surface area contributed by atoms with E-state index in [4.69, 9.17) is 4.52 Å². The van der Waals surface area contributed by atoms with E-state index < -0.39 is 15.1 Å². The Hall–Kier alpha value is -1.69. The van der Waals surface area contributed by atoms with Crippen LogP contribution < -0.4 is 0 Å². The Kier molecular flexibility index (Phi) is 3.33. The highest BCUT2D eigenvalue weighted by Crippen LogP contribution is 2.36. The van der Waals surface area contributed by atoms with Crippen LogP contribution in [-0.4, -0.2) is 18.6 Å². The number of aromatic nitrogens is 2. The van der Waals surface area contributed by atoms with Gasteiger partial charge < -0.3 is 4.52 Å². The highest BCUT2D eigenvalue weighted by molar-refractivity contribution is 7.90. The third-order valence-corrected chi connectivity index (χ3v) is 5.65. The maximum atomic E-state index is 12.6. The van der Waals surface area contributed by atoms with Crippen LogP contribution in [0.5, 0.6) is 0 Å². The fraction of sp³-hybridized carbons (Fsp3) is 0.429. The molecule has 0 N–H and O–H groups in total. The Labute approximate surface area is 117 Å². The van der Waals surface area contributed by atoms with Crippen LogP contribution in [0.2, 0.25) is 0 Å². The van der Waals surface area contributed by atoms with E-state index in [0.29, 0.717) is 12.2 Å². The van der Waals surface area contributed by atoms with Gasteiger partial charge in [0.05, 0.1) is 5.25 Å². The highest BCUT2D eigenvalue weighted by atomic mass is 32.2. The molecule has 0 bridgehead atoms. The van der Waals surface area contributed by atoms with Crippen molar-refractivity contribution in [2.24, 2.45) is 0 Å². The third kappa shape index (κ3) is 2.47. The fourth-order valence-corrected chi connectivity index (χ4v) is 4.56. The Morgan fingerprint density at radius 1 is 1.35 bits per heavy atom. The summed E-state index contributed by atoms with van der Waals surface area (Å²) in [5.74, 6) is 0.442. The van der Waals surface area contributed by atoms with Crippen molar-refractivity contribution >= 4 is 9.84 Å². The Morgan fingerprint density at radius 3 is 2.90 bits per heavy atom. The van der Waals surface area contributed by atoms with E-state index in [1.807, 2.05) is 24.3 Å². The monoisotopic (exact) mass is 292 g/mol. The molecule has 1 heterocycles. The topological polar surface area (TPSA) is 73.1 Å². The van der Waals surface area contributed by atoms with Crippen molar-refractivity contribution in [3.63, 3.8) is 0 Å². The molecule has 0 amide bonds. The summed E-state index contributed by atoms with van der Waals surface area (Å²) >= 11 is 0. The lowest BCUT2D eigenvalue weighted by molar-refractivity contribution is 0.384. The van der Waals surface area contributed by atoms with Gasteiger partial charge in [-0.3, -0.25) is 0 Å². The second-order valence-electron chi connectivity index (χ2n) is 5.12. The number of fused-ring (bicyclic) bond motifs is 1. The summed E-state index contributed by atoms with van der Waals surface area (Å²) < 4.78 is 30.1. The van der Waals surface area contributed by atoms with Crippen LogP contribution >= 0.6 is 0 Å². The normalized spacial score (nSPS) is 18.8. The molecule has 1 unspecified atom stereocenters. The van der Waals surface area contributed by atoms with E-state index >= 15 is 0 Å². The van der Waals surface area contributed by atoms with Gasteiger partial charge in [-0.25, -0.2) is 8.42 Å². The molecule has 1 aliphatic rings. The van der Waals surface area contributed by atoms with E-state index in [1.54, 1.807) is 6.92 Å². The molecule has 0 saturated carbocycles. The molecule has 2 aromatic rings. The number of aryl methyl sites for hydroxylation is 2. The van der Waals surface area contributed by atoms with Gasteiger partial charge in [0, 0.05) is 0 Å². The standard InChI is InChI=1S/C14H16N2O3S/c1-10-15-14(19-16-10)9-20(17,18)13-8-4-6-11-5-2-3-7-12(11)13/h2-3,5,7,13H,4,6,8-9H2,1H3. The van der Waals surface area contributed by atoms with E-state index in [0.717, 1.165) is 24.0 Å². The Balaban J connectivity index is 1.92. The second-order valence-corrected chi connectivity index (χ2v) is 7.31. The van der Waals surface area contributed by atoms with E-state index in [2.05, 4.69) is 10.1 Å². The molecule has 3 rings (SSSR count). The first kappa shape index (κ1) is 13.3. The molecular weight excluding hydrogens is 276 g/mol. The van der Waals surface area contributed by atoms with Crippen LogP contribution in [0.4, 0.5) is 0 Å². The zero-order valence-electron chi connectivity index (χ0n) is 11.2. The number of nitrogens with zero attached hydrogens (tertiary/aromatic N) is 2. The molecule has 1 aliphatic carbocycles. The molecular formula is C14H16N2O3S. The van der Waals surface area contributed by atoms with Crippen molar-refractivity contribution < 1.29 is 12.9 Å². The van der Waals surface area contributed by atoms with Crippen LogP contribution in [0.1, 0.15) is 40.9 Å². The average Bonchev–Trinajstić information content (AvgIpc) is 2.82. The van der Waals surface area contributed by atoms with Gasteiger partial charge in [-0.05, 0) is 37.3 Å². The lowest BCUT2D eigenvalue weighted by Crippen LogP contribution is -2.20. The molecule has 0 aliphatic heterocycles. The smallest absolute Gasteiger partial charge is 0.241 e. The van der Waals surface area contributed by atoms with Crippen LogP contribution in [0, 0.1) is 6.92 Å². The fourth-order valence-electron chi connectivity index (χ4n) is 2.75. The van der Waals surface area contributed by atoms with Crippen molar-refractivity contribution in [3.05, 3.63) is 47.1 Å². The van der Waals surface area contributed by atoms with Crippen molar-refractivity contribution in [2.45, 2.75) is 37.2 Å². The molecule has 20 heavy (non-hydrogen) atoms. The number of hydrogen-bond acceptors (Lipinski definition) is 5. The number of hydrogen-bond donors (Lipinski definition) is 0. The lowest BCUT2D eigenvalue weighted by Gasteiger charge is -2.24. The zero-order valence-corrected chi connectivity index (χ0v) is 12.1. The highest BCUT2D eigenvalue weighted by Gasteiger charge is 2.32. The molecule has 0 spiro atoms. The molecule has 106 valence electrons. The van der Waals surface area contributed by atoms with Crippen molar-refractivity contribution in [3.8, 4) is 0 Å². The predicted molar refractivity (Wildman–Crippen MR) is 73.8 cm³/mol. The summed E-state index contributed by atoms with van der Waals surface area (Å²) in [5, 5.41) is 3.18. The van der Waals surface area contributed by atoms with Crippen LogP contribution in [0.3, 0.4) is 0 Å². The average molecular weight is 292 g/mol. The number of benzene rings is 1. The third-order valence-electron chi connectivity index (χ3n) is 3.64. The maximum absolute atomic E-state index is 12.6. The quantitative estimate of drug-likeness (QED) is 0.868. The first-order valence-electron chi connectivity index (χ1n) is 6.65. The number of sulfone groups is 1. The minimum Gasteiger partial charge on any atom is -0.338 e.